The zero-order chi connectivity index (χ0) is 53.6. The van der Waals surface area contributed by atoms with E-state index in [-0.39, 0.29) is 31.1 Å². The molecule has 74 heavy (non-hydrogen) atoms. The monoisotopic (exact) mass is 1030 g/mol. The average molecular weight is 1030 g/mol. The highest BCUT2D eigenvalue weighted by molar-refractivity contribution is 5.71. The Balaban J connectivity index is 4.25. The Bertz CT molecular complexity index is 1370. The molecule has 6 heteroatoms. The molecule has 0 aliphatic rings. The Kier molecular flexibility index (Phi) is 59.7. The van der Waals surface area contributed by atoms with Crippen LogP contribution in [0.1, 0.15) is 323 Å². The largest absolute Gasteiger partial charge is 0.462 e. The van der Waals surface area contributed by atoms with Gasteiger partial charge in [0.15, 0.2) is 6.10 Å². The number of carbonyl (C=O) groups excluding carboxylic acids is 3. The van der Waals surface area contributed by atoms with Crippen molar-refractivity contribution in [2.45, 2.75) is 329 Å². The number of unbranched alkanes of at least 4 members (excludes halogenated alkanes) is 35. The third-order valence-electron chi connectivity index (χ3n) is 13.9. The van der Waals surface area contributed by atoms with Crippen molar-refractivity contribution in [1.82, 2.24) is 0 Å². The second-order valence-electron chi connectivity index (χ2n) is 21.3. The highest BCUT2D eigenvalue weighted by atomic mass is 16.6. The molecule has 0 spiro atoms. The maximum absolute atomic E-state index is 12.9. The van der Waals surface area contributed by atoms with Crippen LogP contribution in [-0.2, 0) is 28.6 Å². The molecule has 0 aliphatic heterocycles. The fourth-order valence-electron chi connectivity index (χ4n) is 9.07. The molecule has 0 amide bonds. The third-order valence-corrected chi connectivity index (χ3v) is 13.9. The fourth-order valence-corrected chi connectivity index (χ4v) is 9.07. The van der Waals surface area contributed by atoms with Gasteiger partial charge in [-0.3, -0.25) is 14.4 Å². The SMILES string of the molecule is CCC/C=C\CCCCCCCC(=O)OCC(COC(=O)CCCCCCCCCCCCCCC/C=C\C/C=C\CCCCCCC)OC(=O)CCCCCCCC/C=C\C/C=C\C/C=C\CCCCCCC. The van der Waals surface area contributed by atoms with E-state index in [1.807, 2.05) is 0 Å². The Hall–Kier alpha value is -3.15. The lowest BCUT2D eigenvalue weighted by Crippen LogP contribution is -2.30. The van der Waals surface area contributed by atoms with Gasteiger partial charge in [-0.05, 0) is 109 Å². The first-order valence-electron chi connectivity index (χ1n) is 31.9. The number of allylic oxidation sites excluding steroid dienone is 12. The molecule has 0 N–H and O–H groups in total. The van der Waals surface area contributed by atoms with Crippen LogP contribution in [0.4, 0.5) is 0 Å². The van der Waals surface area contributed by atoms with Crippen molar-refractivity contribution in [3.05, 3.63) is 72.9 Å². The molecule has 0 heterocycles. The van der Waals surface area contributed by atoms with E-state index in [1.54, 1.807) is 0 Å². The summed E-state index contributed by atoms with van der Waals surface area (Å²) in [6, 6.07) is 0. The Morgan fingerprint density at radius 1 is 0.270 bits per heavy atom. The lowest BCUT2D eigenvalue weighted by molar-refractivity contribution is -0.167. The Labute approximate surface area is 459 Å². The van der Waals surface area contributed by atoms with Crippen molar-refractivity contribution in [2.75, 3.05) is 13.2 Å². The zero-order valence-electron chi connectivity index (χ0n) is 49.1. The molecule has 0 rings (SSSR count). The van der Waals surface area contributed by atoms with Crippen molar-refractivity contribution < 1.29 is 28.6 Å². The first-order valence-corrected chi connectivity index (χ1v) is 31.9. The minimum absolute atomic E-state index is 0.0826. The van der Waals surface area contributed by atoms with Gasteiger partial charge < -0.3 is 14.2 Å². The molecule has 0 aromatic heterocycles. The summed E-state index contributed by atoms with van der Waals surface area (Å²) >= 11 is 0. The van der Waals surface area contributed by atoms with Gasteiger partial charge in [-0.2, -0.15) is 0 Å². The number of carbonyl (C=O) groups is 3. The molecule has 428 valence electrons. The van der Waals surface area contributed by atoms with E-state index in [2.05, 4.69) is 93.7 Å². The standard InChI is InChI=1S/C68H120O6/c1-4-7-10-13-16-19-22-24-26-28-30-32-33-34-35-37-38-40-42-44-46-49-52-55-58-61-67(70)73-64-65(63-72-66(69)60-57-54-51-48-21-18-15-12-9-6-3)74-68(71)62-59-56-53-50-47-45-43-41-39-36-31-29-27-25-23-20-17-14-11-8-5-2/h12,15,22-25,28-31,39,41,65H,4-11,13-14,16-21,26-27,32-38,40,42-64H2,1-3H3/b15-12-,24-22-,25-23-,30-28-,31-29-,41-39-. The quantitative estimate of drug-likeness (QED) is 0.0261. The van der Waals surface area contributed by atoms with Gasteiger partial charge in [-0.15, -0.1) is 0 Å². The molecule has 1 atom stereocenters. The van der Waals surface area contributed by atoms with Crippen LogP contribution in [0.3, 0.4) is 0 Å². The molecule has 0 fully saturated rings. The van der Waals surface area contributed by atoms with Crippen molar-refractivity contribution in [1.29, 1.82) is 0 Å². The summed E-state index contributed by atoms with van der Waals surface area (Å²) < 4.78 is 16.9. The van der Waals surface area contributed by atoms with Crippen molar-refractivity contribution in [3.63, 3.8) is 0 Å². The van der Waals surface area contributed by atoms with Crippen molar-refractivity contribution >= 4 is 17.9 Å². The number of hydrogen-bond acceptors (Lipinski definition) is 6. The Morgan fingerprint density at radius 2 is 0.514 bits per heavy atom. The number of hydrogen-bond donors (Lipinski definition) is 0. The lowest BCUT2D eigenvalue weighted by Gasteiger charge is -2.18. The number of ether oxygens (including phenoxy) is 3. The second-order valence-corrected chi connectivity index (χ2v) is 21.3. The summed E-state index contributed by atoms with van der Waals surface area (Å²) in [5.41, 5.74) is 0. The summed E-state index contributed by atoms with van der Waals surface area (Å²) in [4.78, 5) is 38.2. The minimum Gasteiger partial charge on any atom is -0.462 e. The predicted octanol–water partition coefficient (Wildman–Crippen LogP) is 21.7. The molecular weight excluding hydrogens is 913 g/mol. The van der Waals surface area contributed by atoms with Crippen LogP contribution < -0.4 is 0 Å². The molecule has 0 aromatic rings. The maximum atomic E-state index is 12.9. The predicted molar refractivity (Wildman–Crippen MR) is 321 cm³/mol. The van der Waals surface area contributed by atoms with Gasteiger partial charge >= 0.3 is 17.9 Å². The third kappa shape index (κ3) is 59.7. The molecule has 0 radical (unpaired) electrons. The molecule has 0 saturated heterocycles. The van der Waals surface area contributed by atoms with E-state index >= 15 is 0 Å². The van der Waals surface area contributed by atoms with E-state index in [4.69, 9.17) is 14.2 Å². The molecular formula is C68H120O6. The van der Waals surface area contributed by atoms with Crippen LogP contribution >= 0.6 is 0 Å². The van der Waals surface area contributed by atoms with Crippen LogP contribution in [0.2, 0.25) is 0 Å². The minimum atomic E-state index is -0.786. The van der Waals surface area contributed by atoms with Crippen LogP contribution in [0, 0.1) is 0 Å². The lowest BCUT2D eigenvalue weighted by atomic mass is 10.0. The highest BCUT2D eigenvalue weighted by Gasteiger charge is 2.19. The van der Waals surface area contributed by atoms with Gasteiger partial charge in [-0.1, -0.05) is 267 Å². The highest BCUT2D eigenvalue weighted by Crippen LogP contribution is 2.16. The van der Waals surface area contributed by atoms with Gasteiger partial charge in [0, 0.05) is 19.3 Å². The van der Waals surface area contributed by atoms with Gasteiger partial charge in [0.05, 0.1) is 0 Å². The smallest absolute Gasteiger partial charge is 0.306 e. The van der Waals surface area contributed by atoms with Gasteiger partial charge in [0.1, 0.15) is 13.2 Å². The second kappa shape index (κ2) is 62.4. The fraction of sp³-hybridized carbons (Fsp3) is 0.779. The Morgan fingerprint density at radius 3 is 0.824 bits per heavy atom. The van der Waals surface area contributed by atoms with Crippen LogP contribution in [0.5, 0.6) is 0 Å². The summed E-state index contributed by atoms with van der Waals surface area (Å²) in [7, 11) is 0. The average Bonchev–Trinajstić information content (AvgIpc) is 3.40. The first kappa shape index (κ1) is 70.8. The van der Waals surface area contributed by atoms with Crippen LogP contribution in [0.15, 0.2) is 72.9 Å². The maximum Gasteiger partial charge on any atom is 0.306 e. The van der Waals surface area contributed by atoms with Crippen molar-refractivity contribution in [3.8, 4) is 0 Å². The normalized spacial score (nSPS) is 12.5. The summed E-state index contributed by atoms with van der Waals surface area (Å²) in [5.74, 6) is -0.896. The topological polar surface area (TPSA) is 78.9 Å². The van der Waals surface area contributed by atoms with E-state index < -0.39 is 6.10 Å². The summed E-state index contributed by atoms with van der Waals surface area (Å²) in [6.07, 6.45) is 80.6. The molecule has 6 nitrogen and oxygen atoms in total. The van der Waals surface area contributed by atoms with Gasteiger partial charge in [0.25, 0.3) is 0 Å². The van der Waals surface area contributed by atoms with Crippen molar-refractivity contribution in [2.24, 2.45) is 0 Å². The summed E-state index contributed by atoms with van der Waals surface area (Å²) in [6.45, 7) is 6.57. The first-order chi connectivity index (χ1) is 36.5. The molecule has 1 unspecified atom stereocenters. The van der Waals surface area contributed by atoms with E-state index in [0.717, 1.165) is 103 Å². The van der Waals surface area contributed by atoms with Crippen LogP contribution in [-0.4, -0.2) is 37.2 Å². The van der Waals surface area contributed by atoms with Crippen LogP contribution in [0.25, 0.3) is 0 Å². The zero-order valence-corrected chi connectivity index (χ0v) is 49.1. The molecule has 0 aromatic carbocycles. The number of rotatable bonds is 58. The van der Waals surface area contributed by atoms with E-state index in [0.29, 0.717) is 19.3 Å². The number of esters is 3. The molecule has 0 aliphatic carbocycles. The molecule has 0 bridgehead atoms. The van der Waals surface area contributed by atoms with Gasteiger partial charge in [-0.25, -0.2) is 0 Å². The van der Waals surface area contributed by atoms with Gasteiger partial charge in [0.2, 0.25) is 0 Å². The molecule has 0 saturated carbocycles. The van der Waals surface area contributed by atoms with E-state index in [1.165, 1.54) is 180 Å². The summed E-state index contributed by atoms with van der Waals surface area (Å²) in [5, 5.41) is 0. The van der Waals surface area contributed by atoms with E-state index in [9.17, 15) is 14.4 Å².